The topological polar surface area (TPSA) is 53.0 Å². The number of anilines is 2. The van der Waals surface area contributed by atoms with E-state index in [-0.39, 0.29) is 23.3 Å². The van der Waals surface area contributed by atoms with Crippen molar-refractivity contribution in [1.82, 2.24) is 0 Å². The maximum absolute atomic E-state index is 13.5. The van der Waals surface area contributed by atoms with Crippen molar-refractivity contribution >= 4 is 46.2 Å². The Labute approximate surface area is 196 Å². The van der Waals surface area contributed by atoms with Gasteiger partial charge in [-0.05, 0) is 55.0 Å². The van der Waals surface area contributed by atoms with Gasteiger partial charge >= 0.3 is 0 Å². The summed E-state index contributed by atoms with van der Waals surface area (Å²) in [5, 5.41) is 0.381. The number of halogens is 1. The zero-order valence-corrected chi connectivity index (χ0v) is 18.8. The molecular formula is C26H22FN3O2S. The number of hydrogen-bond donors (Lipinski definition) is 0. The van der Waals surface area contributed by atoms with Crippen molar-refractivity contribution in [2.45, 2.75) is 6.92 Å². The molecule has 4 rings (SSSR count). The van der Waals surface area contributed by atoms with Crippen molar-refractivity contribution in [3.05, 3.63) is 102 Å². The third kappa shape index (κ3) is 5.21. The van der Waals surface area contributed by atoms with Crippen molar-refractivity contribution in [2.75, 3.05) is 22.1 Å². The maximum atomic E-state index is 13.5. The van der Waals surface area contributed by atoms with E-state index in [9.17, 15) is 14.0 Å². The SMILES string of the molecule is CCN(C(=O)CSC1=N/C(=C\c2ccccc2)C(=O)N1c1ccc(F)cc1)c1ccccc1. The molecule has 3 aromatic carbocycles. The Morgan fingerprint density at radius 3 is 2.27 bits per heavy atom. The molecule has 3 aromatic rings. The number of carbonyl (C=O) groups excluding carboxylic acids is 2. The second-order valence-electron chi connectivity index (χ2n) is 7.21. The molecule has 1 heterocycles. The van der Waals surface area contributed by atoms with Crippen LogP contribution in [0.2, 0.25) is 0 Å². The third-order valence-corrected chi connectivity index (χ3v) is 5.95. The minimum Gasteiger partial charge on any atom is -0.312 e. The van der Waals surface area contributed by atoms with Crippen LogP contribution < -0.4 is 9.80 Å². The van der Waals surface area contributed by atoms with Crippen molar-refractivity contribution in [1.29, 1.82) is 0 Å². The average molecular weight is 460 g/mol. The summed E-state index contributed by atoms with van der Waals surface area (Å²) >= 11 is 1.19. The molecule has 5 nitrogen and oxygen atoms in total. The van der Waals surface area contributed by atoms with E-state index in [1.807, 2.05) is 67.6 Å². The van der Waals surface area contributed by atoms with Gasteiger partial charge < -0.3 is 4.90 Å². The summed E-state index contributed by atoms with van der Waals surface area (Å²) in [6.45, 7) is 2.44. The number of aliphatic imine (C=N–C) groups is 1. The van der Waals surface area contributed by atoms with Gasteiger partial charge in [0, 0.05) is 12.2 Å². The normalized spacial score (nSPS) is 14.5. The van der Waals surface area contributed by atoms with Crippen molar-refractivity contribution in [3.8, 4) is 0 Å². The van der Waals surface area contributed by atoms with Crippen molar-refractivity contribution in [3.63, 3.8) is 0 Å². The van der Waals surface area contributed by atoms with E-state index >= 15 is 0 Å². The highest BCUT2D eigenvalue weighted by Crippen LogP contribution is 2.30. The van der Waals surface area contributed by atoms with Crippen LogP contribution in [0.25, 0.3) is 6.08 Å². The van der Waals surface area contributed by atoms with Crippen LogP contribution in [0.1, 0.15) is 12.5 Å². The first-order valence-electron chi connectivity index (χ1n) is 10.5. The Balaban J connectivity index is 1.60. The first-order valence-corrected chi connectivity index (χ1v) is 11.5. The molecule has 0 saturated heterocycles. The molecule has 0 atom stereocenters. The summed E-state index contributed by atoms with van der Waals surface area (Å²) in [7, 11) is 0. The van der Waals surface area contributed by atoms with Crippen molar-refractivity contribution in [2.24, 2.45) is 4.99 Å². The number of nitrogens with zero attached hydrogens (tertiary/aromatic N) is 3. The van der Waals surface area contributed by atoms with Crippen LogP contribution in [0, 0.1) is 5.82 Å². The van der Waals surface area contributed by atoms with Crippen LogP contribution in [0.5, 0.6) is 0 Å². The molecular weight excluding hydrogens is 437 g/mol. The molecule has 166 valence electrons. The molecule has 0 bridgehead atoms. The lowest BCUT2D eigenvalue weighted by atomic mass is 10.2. The highest BCUT2D eigenvalue weighted by molar-refractivity contribution is 8.14. The van der Waals surface area contributed by atoms with Crippen LogP contribution in [-0.2, 0) is 9.59 Å². The lowest BCUT2D eigenvalue weighted by molar-refractivity contribution is -0.116. The summed E-state index contributed by atoms with van der Waals surface area (Å²) in [5.41, 5.74) is 2.41. The molecule has 0 aliphatic carbocycles. The van der Waals surface area contributed by atoms with E-state index < -0.39 is 5.82 Å². The largest absolute Gasteiger partial charge is 0.312 e. The van der Waals surface area contributed by atoms with Gasteiger partial charge in [-0.1, -0.05) is 60.3 Å². The molecule has 0 N–H and O–H groups in total. The fourth-order valence-corrected chi connectivity index (χ4v) is 4.32. The summed E-state index contributed by atoms with van der Waals surface area (Å²) < 4.78 is 13.5. The summed E-state index contributed by atoms with van der Waals surface area (Å²) in [5.74, 6) is -0.710. The number of amidine groups is 1. The molecule has 7 heteroatoms. The molecule has 0 fully saturated rings. The van der Waals surface area contributed by atoms with E-state index in [4.69, 9.17) is 0 Å². The molecule has 0 aromatic heterocycles. The summed E-state index contributed by atoms with van der Waals surface area (Å²) in [4.78, 5) is 33.8. The molecule has 2 amide bonds. The quantitative estimate of drug-likeness (QED) is 0.467. The summed E-state index contributed by atoms with van der Waals surface area (Å²) in [6.07, 6.45) is 1.70. The van der Waals surface area contributed by atoms with Gasteiger partial charge in [0.1, 0.15) is 11.5 Å². The van der Waals surface area contributed by atoms with Crippen LogP contribution in [0.15, 0.2) is 95.6 Å². The number of carbonyl (C=O) groups is 2. The van der Waals surface area contributed by atoms with E-state index in [2.05, 4.69) is 4.99 Å². The van der Waals surface area contributed by atoms with E-state index in [0.29, 0.717) is 17.4 Å². The van der Waals surface area contributed by atoms with Crippen LogP contribution in [0.4, 0.5) is 15.8 Å². The molecule has 0 unspecified atom stereocenters. The van der Waals surface area contributed by atoms with E-state index in [1.165, 1.54) is 40.9 Å². The van der Waals surface area contributed by atoms with Gasteiger partial charge in [-0.25, -0.2) is 9.38 Å². The lowest BCUT2D eigenvalue weighted by Gasteiger charge is -2.22. The minimum absolute atomic E-state index is 0.0941. The predicted octanol–water partition coefficient (Wildman–Crippen LogP) is 5.36. The highest BCUT2D eigenvalue weighted by atomic mass is 32.2. The Morgan fingerprint density at radius 2 is 1.64 bits per heavy atom. The van der Waals surface area contributed by atoms with Gasteiger partial charge in [0.15, 0.2) is 5.17 Å². The van der Waals surface area contributed by atoms with Gasteiger partial charge in [-0.15, -0.1) is 0 Å². The van der Waals surface area contributed by atoms with E-state index in [1.54, 1.807) is 11.0 Å². The van der Waals surface area contributed by atoms with Gasteiger partial charge in [0.05, 0.1) is 11.4 Å². The van der Waals surface area contributed by atoms with Crippen molar-refractivity contribution < 1.29 is 14.0 Å². The number of benzene rings is 3. The van der Waals surface area contributed by atoms with Gasteiger partial charge in [-0.2, -0.15) is 0 Å². The average Bonchev–Trinajstić information content (AvgIpc) is 3.15. The number of thioether (sulfide) groups is 1. The molecule has 1 aliphatic rings. The van der Waals surface area contributed by atoms with Crippen LogP contribution in [-0.4, -0.2) is 29.3 Å². The number of amides is 2. The Hall–Kier alpha value is -3.71. The Morgan fingerprint density at radius 1 is 1.00 bits per heavy atom. The maximum Gasteiger partial charge on any atom is 0.283 e. The molecule has 1 aliphatic heterocycles. The molecule has 0 saturated carbocycles. The second kappa shape index (κ2) is 10.3. The minimum atomic E-state index is -0.395. The molecule has 0 spiro atoms. The van der Waals surface area contributed by atoms with Gasteiger partial charge in [0.2, 0.25) is 5.91 Å². The monoisotopic (exact) mass is 459 g/mol. The zero-order chi connectivity index (χ0) is 23.2. The molecule has 33 heavy (non-hydrogen) atoms. The Kier molecular flexibility index (Phi) is 7.00. The standard InChI is InChI=1S/C26H22FN3O2S/c1-2-29(21-11-7-4-8-12-21)24(31)18-33-26-28-23(17-19-9-5-3-6-10-19)25(32)30(26)22-15-13-20(27)14-16-22/h3-17H,2,18H2,1H3/b23-17-. The van der Waals surface area contributed by atoms with E-state index in [0.717, 1.165) is 11.3 Å². The fraction of sp³-hybridized carbons (Fsp3) is 0.115. The first-order chi connectivity index (χ1) is 16.1. The fourth-order valence-electron chi connectivity index (χ4n) is 3.43. The van der Waals surface area contributed by atoms with Gasteiger partial charge in [0.25, 0.3) is 5.91 Å². The first kappa shape index (κ1) is 22.5. The van der Waals surface area contributed by atoms with Crippen LogP contribution >= 0.6 is 11.8 Å². The lowest BCUT2D eigenvalue weighted by Crippen LogP contribution is -2.34. The number of rotatable bonds is 6. The Bertz CT molecular complexity index is 1200. The molecule has 0 radical (unpaired) electrons. The number of para-hydroxylation sites is 1. The predicted molar refractivity (Wildman–Crippen MR) is 133 cm³/mol. The zero-order valence-electron chi connectivity index (χ0n) is 18.0. The smallest absolute Gasteiger partial charge is 0.283 e. The third-order valence-electron chi connectivity index (χ3n) is 5.03. The van der Waals surface area contributed by atoms with Crippen LogP contribution in [0.3, 0.4) is 0 Å². The summed E-state index contributed by atoms with van der Waals surface area (Å²) in [6, 6.07) is 24.5. The second-order valence-corrected chi connectivity index (χ2v) is 8.16. The highest BCUT2D eigenvalue weighted by Gasteiger charge is 2.32. The number of hydrogen-bond acceptors (Lipinski definition) is 4. The van der Waals surface area contributed by atoms with Gasteiger partial charge in [-0.3, -0.25) is 14.5 Å².